The molecule has 1 aromatic heterocycles. The van der Waals surface area contributed by atoms with E-state index in [1.54, 1.807) is 0 Å². The number of aromatic amines is 1. The predicted octanol–water partition coefficient (Wildman–Crippen LogP) is 2.47. The molecule has 3 atom stereocenters. The third kappa shape index (κ3) is 3.20. The van der Waals surface area contributed by atoms with Gasteiger partial charge in [0.15, 0.2) is 0 Å². The molecular formula is C27H20N2O5. The van der Waals surface area contributed by atoms with Gasteiger partial charge < -0.3 is 14.9 Å². The number of hydrogen-bond donors (Lipinski definition) is 3. The molecule has 4 aromatic carbocycles. The van der Waals surface area contributed by atoms with E-state index in [1.165, 1.54) is 16.2 Å². The summed E-state index contributed by atoms with van der Waals surface area (Å²) >= 11 is 0. The Bertz CT molecular complexity index is 1720. The fourth-order valence-electron chi connectivity index (χ4n) is 4.82. The molecule has 0 spiro atoms. The molecule has 5 aromatic rings. The van der Waals surface area contributed by atoms with Gasteiger partial charge in [0.1, 0.15) is 17.9 Å². The molecule has 1 aliphatic heterocycles. The number of ether oxygens (including phenoxy) is 1. The lowest BCUT2D eigenvalue weighted by Crippen LogP contribution is -2.33. The zero-order valence-corrected chi connectivity index (χ0v) is 18.0. The first kappa shape index (κ1) is 20.6. The molecule has 0 saturated carbocycles. The number of nitrogens with zero attached hydrogens (tertiary/aromatic N) is 1. The van der Waals surface area contributed by atoms with Crippen LogP contribution in [0.5, 0.6) is 0 Å². The first-order valence-corrected chi connectivity index (χ1v) is 11.0. The maximum absolute atomic E-state index is 12.4. The zero-order chi connectivity index (χ0) is 23.4. The summed E-state index contributed by atoms with van der Waals surface area (Å²) in [5.74, 6) is 6.02. The molecular weight excluding hydrogens is 432 g/mol. The fraction of sp³-hybridized carbons (Fsp3) is 0.185. The highest BCUT2D eigenvalue weighted by Crippen LogP contribution is 2.35. The van der Waals surface area contributed by atoms with E-state index < -0.39 is 29.7 Å². The van der Waals surface area contributed by atoms with Crippen LogP contribution in [-0.4, -0.2) is 38.6 Å². The summed E-state index contributed by atoms with van der Waals surface area (Å²) in [6.07, 6.45) is -1.01. The summed E-state index contributed by atoms with van der Waals surface area (Å²) < 4.78 is 6.77. The van der Waals surface area contributed by atoms with E-state index in [1.807, 2.05) is 24.3 Å². The average molecular weight is 452 g/mol. The maximum atomic E-state index is 12.4. The topological polar surface area (TPSA) is 105 Å². The van der Waals surface area contributed by atoms with Gasteiger partial charge in [0, 0.05) is 18.2 Å². The third-order valence-corrected chi connectivity index (χ3v) is 6.52. The van der Waals surface area contributed by atoms with Crippen LogP contribution in [0.4, 0.5) is 0 Å². The van der Waals surface area contributed by atoms with Crippen LogP contribution in [0.15, 0.2) is 70.4 Å². The van der Waals surface area contributed by atoms with Crippen molar-refractivity contribution in [3.05, 3.63) is 92.8 Å². The molecule has 1 saturated heterocycles. The van der Waals surface area contributed by atoms with Crippen LogP contribution in [0.3, 0.4) is 0 Å². The quantitative estimate of drug-likeness (QED) is 0.282. The molecule has 3 N–H and O–H groups in total. The van der Waals surface area contributed by atoms with Gasteiger partial charge in [0.05, 0.1) is 12.7 Å². The van der Waals surface area contributed by atoms with E-state index in [2.05, 4.69) is 47.2 Å². The lowest BCUT2D eigenvalue weighted by molar-refractivity contribution is -0.0459. The van der Waals surface area contributed by atoms with E-state index >= 15 is 0 Å². The van der Waals surface area contributed by atoms with Crippen molar-refractivity contribution in [1.82, 2.24) is 9.55 Å². The SMILES string of the molecule is O=c1[nH]c(=O)n([C@H]2C[C@H](O)[C@@H](CO)O2)cc1C#Cc1ccc2ccc3cccc4ccc1c2c34. The van der Waals surface area contributed by atoms with E-state index in [-0.39, 0.29) is 18.6 Å². The molecule has 6 rings (SSSR count). The molecule has 1 aliphatic rings. The van der Waals surface area contributed by atoms with Crippen LogP contribution < -0.4 is 11.2 Å². The number of hydrogen-bond acceptors (Lipinski definition) is 5. The second-order valence-corrected chi connectivity index (χ2v) is 8.54. The number of rotatable bonds is 2. The molecule has 2 heterocycles. The number of H-pyrrole nitrogens is 1. The molecule has 0 unspecified atom stereocenters. The number of aliphatic hydroxyl groups excluding tert-OH is 2. The van der Waals surface area contributed by atoms with Crippen molar-refractivity contribution in [3.63, 3.8) is 0 Å². The average Bonchev–Trinajstić information content (AvgIpc) is 3.22. The highest BCUT2D eigenvalue weighted by molar-refractivity contribution is 6.23. The van der Waals surface area contributed by atoms with Crippen molar-refractivity contribution >= 4 is 32.3 Å². The second kappa shape index (κ2) is 7.82. The smallest absolute Gasteiger partial charge is 0.330 e. The summed E-state index contributed by atoms with van der Waals surface area (Å²) in [7, 11) is 0. The second-order valence-electron chi connectivity index (χ2n) is 8.54. The van der Waals surface area contributed by atoms with Crippen LogP contribution >= 0.6 is 0 Å². The van der Waals surface area contributed by atoms with E-state index in [0.717, 1.165) is 32.5 Å². The Kier molecular flexibility index (Phi) is 4.74. The maximum Gasteiger partial charge on any atom is 0.330 e. The van der Waals surface area contributed by atoms with Gasteiger partial charge in [0.2, 0.25) is 0 Å². The lowest BCUT2D eigenvalue weighted by atomic mass is 9.92. The monoisotopic (exact) mass is 452 g/mol. The Hall–Kier alpha value is -3.96. The van der Waals surface area contributed by atoms with Crippen LogP contribution in [0, 0.1) is 11.8 Å². The summed E-state index contributed by atoms with van der Waals surface area (Å²) in [5, 5.41) is 26.1. The number of nitrogens with one attached hydrogen (secondary N) is 1. The van der Waals surface area contributed by atoms with Gasteiger partial charge in [-0.15, -0.1) is 0 Å². The lowest BCUT2D eigenvalue weighted by Gasteiger charge is -2.14. The normalized spacial score (nSPS) is 20.2. The van der Waals surface area contributed by atoms with Crippen molar-refractivity contribution < 1.29 is 14.9 Å². The summed E-state index contributed by atoms with van der Waals surface area (Å²) in [4.78, 5) is 27.1. The van der Waals surface area contributed by atoms with Crippen LogP contribution in [0.2, 0.25) is 0 Å². The minimum absolute atomic E-state index is 0.107. The van der Waals surface area contributed by atoms with Crippen LogP contribution in [-0.2, 0) is 4.74 Å². The summed E-state index contributed by atoms with van der Waals surface area (Å²) in [6, 6.07) is 18.5. The summed E-state index contributed by atoms with van der Waals surface area (Å²) in [6.45, 7) is -0.364. The van der Waals surface area contributed by atoms with Crippen LogP contribution in [0.1, 0.15) is 23.8 Å². The van der Waals surface area contributed by atoms with Gasteiger partial charge in [-0.25, -0.2) is 4.79 Å². The Balaban J connectivity index is 1.46. The van der Waals surface area contributed by atoms with Gasteiger partial charge in [-0.1, -0.05) is 60.4 Å². The molecule has 0 radical (unpaired) electrons. The molecule has 0 amide bonds. The third-order valence-electron chi connectivity index (χ3n) is 6.52. The van der Waals surface area contributed by atoms with Gasteiger partial charge in [0.25, 0.3) is 5.56 Å². The van der Waals surface area contributed by atoms with Crippen molar-refractivity contribution in [2.75, 3.05) is 6.61 Å². The van der Waals surface area contributed by atoms with Gasteiger partial charge in [-0.05, 0) is 38.4 Å². The molecule has 1 fully saturated rings. The van der Waals surface area contributed by atoms with E-state index in [4.69, 9.17) is 4.74 Å². The van der Waals surface area contributed by atoms with Gasteiger partial charge >= 0.3 is 5.69 Å². The standard InChI is InChI=1S/C27H20N2O5/c30-14-22-21(31)12-23(34-22)29-13-19(26(32)28-27(29)33)9-5-15-4-6-18-8-7-16-2-1-3-17-10-11-20(15)25(18)24(16)17/h1-4,6-8,10-11,13,21-23,30-31H,12,14H2,(H,28,32,33)/t21-,22+,23+/m0/s1. The molecule has 168 valence electrons. The molecule has 7 heteroatoms. The largest absolute Gasteiger partial charge is 0.394 e. The molecule has 7 nitrogen and oxygen atoms in total. The van der Waals surface area contributed by atoms with E-state index in [9.17, 15) is 19.8 Å². The minimum Gasteiger partial charge on any atom is -0.394 e. The number of aromatic nitrogens is 2. The van der Waals surface area contributed by atoms with E-state index in [0.29, 0.717) is 0 Å². The number of aliphatic hydroxyl groups is 2. The molecule has 34 heavy (non-hydrogen) atoms. The van der Waals surface area contributed by atoms with Crippen LogP contribution in [0.25, 0.3) is 32.3 Å². The predicted molar refractivity (Wildman–Crippen MR) is 129 cm³/mol. The Morgan fingerprint density at radius 3 is 2.35 bits per heavy atom. The first-order valence-electron chi connectivity index (χ1n) is 11.0. The molecule has 0 aliphatic carbocycles. The minimum atomic E-state index is -0.902. The highest BCUT2D eigenvalue weighted by Gasteiger charge is 2.35. The van der Waals surface area contributed by atoms with Crippen molar-refractivity contribution in [2.45, 2.75) is 24.9 Å². The van der Waals surface area contributed by atoms with Crippen molar-refractivity contribution in [3.8, 4) is 11.8 Å². The van der Waals surface area contributed by atoms with Gasteiger partial charge in [-0.2, -0.15) is 0 Å². The molecule has 0 bridgehead atoms. The Morgan fingerprint density at radius 2 is 1.62 bits per heavy atom. The van der Waals surface area contributed by atoms with Gasteiger partial charge in [-0.3, -0.25) is 14.3 Å². The fourth-order valence-corrected chi connectivity index (χ4v) is 4.82. The summed E-state index contributed by atoms with van der Waals surface area (Å²) in [5.41, 5.74) is -0.371. The number of benzene rings is 4. The highest BCUT2D eigenvalue weighted by atomic mass is 16.5. The van der Waals surface area contributed by atoms with Crippen molar-refractivity contribution in [2.24, 2.45) is 0 Å². The van der Waals surface area contributed by atoms with Crippen molar-refractivity contribution in [1.29, 1.82) is 0 Å². The zero-order valence-electron chi connectivity index (χ0n) is 18.0. The Labute approximate surface area is 193 Å². The Morgan fingerprint density at radius 1 is 0.941 bits per heavy atom. The first-order chi connectivity index (χ1) is 16.5.